The highest BCUT2D eigenvalue weighted by molar-refractivity contribution is 5.85. The Bertz CT molecular complexity index is 48.4. The number of hydrogen-bond acceptors (Lipinski definition) is 2. The van der Waals surface area contributed by atoms with Crippen LogP contribution in [0.5, 0.6) is 0 Å². The van der Waals surface area contributed by atoms with E-state index in [9.17, 15) is 0 Å². The Morgan fingerprint density at radius 3 is 1.38 bits per heavy atom. The summed E-state index contributed by atoms with van der Waals surface area (Å²) >= 11 is 0. The van der Waals surface area contributed by atoms with E-state index in [-0.39, 0.29) is 31.0 Å². The maximum absolute atomic E-state index is 8.43. The summed E-state index contributed by atoms with van der Waals surface area (Å²) in [5, 5.41) is 16.9. The van der Waals surface area contributed by atoms with Crippen LogP contribution in [-0.4, -0.2) is 23.4 Å². The van der Waals surface area contributed by atoms with Crippen molar-refractivity contribution in [2.75, 3.05) is 13.2 Å². The topological polar surface area (TPSA) is 40.5 Å². The van der Waals surface area contributed by atoms with Crippen LogP contribution in [-0.2, 0) is 0 Å². The van der Waals surface area contributed by atoms with Crippen LogP contribution in [0.25, 0.3) is 0 Å². The van der Waals surface area contributed by atoms with Crippen molar-refractivity contribution in [3.63, 3.8) is 0 Å². The molecule has 0 aromatic rings. The number of halogens is 1. The van der Waals surface area contributed by atoms with E-state index in [0.717, 1.165) is 0 Å². The first-order chi connectivity index (χ1) is 3.12. The van der Waals surface area contributed by atoms with Gasteiger partial charge in [0.2, 0.25) is 0 Å². The van der Waals surface area contributed by atoms with E-state index in [1.165, 1.54) is 0 Å². The van der Waals surface area contributed by atoms with Crippen LogP contribution >= 0.6 is 12.4 Å². The van der Waals surface area contributed by atoms with E-state index in [1.807, 2.05) is 0 Å². The number of hydrogen-bond donors (Lipinski definition) is 2. The lowest BCUT2D eigenvalue weighted by Gasteiger charge is -2.16. The van der Waals surface area contributed by atoms with Gasteiger partial charge in [0, 0.05) is 5.41 Å². The molecule has 2 nitrogen and oxygen atoms in total. The van der Waals surface area contributed by atoms with Gasteiger partial charge in [-0.3, -0.25) is 0 Å². The summed E-state index contributed by atoms with van der Waals surface area (Å²) in [4.78, 5) is 0. The normalized spacial score (nSPS) is 10.5. The predicted octanol–water partition coefficient (Wildman–Crippen LogP) is 0.419. The molecule has 3 heteroatoms. The van der Waals surface area contributed by atoms with E-state index in [0.29, 0.717) is 0 Å². The zero-order valence-electron chi connectivity index (χ0n) is 5.22. The van der Waals surface area contributed by atoms with Gasteiger partial charge in [0.1, 0.15) is 0 Å². The van der Waals surface area contributed by atoms with E-state index in [1.54, 1.807) is 13.8 Å². The summed E-state index contributed by atoms with van der Waals surface area (Å²) in [7, 11) is 0. The van der Waals surface area contributed by atoms with Crippen molar-refractivity contribution in [2.45, 2.75) is 13.8 Å². The van der Waals surface area contributed by atoms with Crippen LogP contribution in [0, 0.1) is 5.41 Å². The maximum atomic E-state index is 8.43. The van der Waals surface area contributed by atoms with Gasteiger partial charge in [0.15, 0.2) is 0 Å². The summed E-state index contributed by atoms with van der Waals surface area (Å²) < 4.78 is 0. The first kappa shape index (κ1) is 11.1. The van der Waals surface area contributed by atoms with Gasteiger partial charge in [-0.05, 0) is 0 Å². The Kier molecular flexibility index (Phi) is 5.71. The van der Waals surface area contributed by atoms with Crippen LogP contribution in [0.3, 0.4) is 0 Å². The molecular formula is C5H13ClO2. The molecule has 0 spiro atoms. The third-order valence-corrected chi connectivity index (χ3v) is 0.856. The minimum absolute atomic E-state index is 0. The fourth-order valence-electron chi connectivity index (χ4n) is 0.0500. The van der Waals surface area contributed by atoms with E-state index < -0.39 is 0 Å². The molecule has 0 amide bonds. The van der Waals surface area contributed by atoms with Crippen molar-refractivity contribution >= 4 is 12.4 Å². The Balaban J connectivity index is 0. The third kappa shape index (κ3) is 4.37. The summed E-state index contributed by atoms with van der Waals surface area (Å²) in [6, 6.07) is 0. The summed E-state index contributed by atoms with van der Waals surface area (Å²) in [5.74, 6) is 0. The minimum atomic E-state index is -0.306. The molecule has 0 atom stereocenters. The Morgan fingerprint density at radius 1 is 1.12 bits per heavy atom. The second-order valence-corrected chi connectivity index (χ2v) is 2.48. The van der Waals surface area contributed by atoms with Crippen LogP contribution in [0.15, 0.2) is 0 Å². The van der Waals surface area contributed by atoms with Gasteiger partial charge in [0.25, 0.3) is 0 Å². The van der Waals surface area contributed by atoms with Crippen LogP contribution < -0.4 is 0 Å². The average molecular weight is 141 g/mol. The van der Waals surface area contributed by atoms with Crippen molar-refractivity contribution in [3.8, 4) is 0 Å². The van der Waals surface area contributed by atoms with Crippen molar-refractivity contribution < 1.29 is 10.2 Å². The molecule has 0 radical (unpaired) electrons. The molecule has 0 unspecified atom stereocenters. The van der Waals surface area contributed by atoms with Crippen LogP contribution in [0.2, 0.25) is 0 Å². The second-order valence-electron chi connectivity index (χ2n) is 2.48. The van der Waals surface area contributed by atoms with Gasteiger partial charge in [-0.1, -0.05) is 13.8 Å². The van der Waals surface area contributed by atoms with E-state index in [4.69, 9.17) is 10.2 Å². The molecule has 0 aliphatic carbocycles. The highest BCUT2D eigenvalue weighted by atomic mass is 35.5. The molecule has 0 aliphatic heterocycles. The third-order valence-electron chi connectivity index (χ3n) is 0.856. The molecule has 8 heavy (non-hydrogen) atoms. The van der Waals surface area contributed by atoms with Gasteiger partial charge >= 0.3 is 0 Å². The van der Waals surface area contributed by atoms with E-state index in [2.05, 4.69) is 0 Å². The first-order valence-electron chi connectivity index (χ1n) is 2.34. The maximum Gasteiger partial charge on any atom is 0.0504 e. The Morgan fingerprint density at radius 2 is 1.38 bits per heavy atom. The summed E-state index contributed by atoms with van der Waals surface area (Å²) in [6.45, 7) is 3.69. The fraction of sp³-hybridized carbons (Fsp3) is 1.00. The average Bonchev–Trinajstić information content (AvgIpc) is 1.68. The monoisotopic (exact) mass is 140 g/mol. The lowest BCUT2D eigenvalue weighted by Crippen LogP contribution is -2.20. The molecule has 0 aromatic carbocycles. The molecule has 0 saturated carbocycles. The number of aliphatic hydroxyl groups excluding tert-OH is 2. The molecule has 0 heterocycles. The van der Waals surface area contributed by atoms with Gasteiger partial charge in [-0.2, -0.15) is 0 Å². The van der Waals surface area contributed by atoms with Crippen molar-refractivity contribution in [1.82, 2.24) is 0 Å². The highest BCUT2D eigenvalue weighted by Gasteiger charge is 2.13. The molecule has 0 saturated heterocycles. The van der Waals surface area contributed by atoms with Gasteiger partial charge in [-0.15, -0.1) is 12.4 Å². The zero-order chi connectivity index (χ0) is 5.91. The van der Waals surface area contributed by atoms with Crippen LogP contribution in [0.4, 0.5) is 0 Å². The Hall–Kier alpha value is 0.210. The van der Waals surface area contributed by atoms with Crippen molar-refractivity contribution in [3.05, 3.63) is 0 Å². The molecule has 0 rings (SSSR count). The largest absolute Gasteiger partial charge is 0.396 e. The zero-order valence-corrected chi connectivity index (χ0v) is 6.03. The summed E-state index contributed by atoms with van der Waals surface area (Å²) in [5.41, 5.74) is -0.306. The summed E-state index contributed by atoms with van der Waals surface area (Å²) in [6.07, 6.45) is 0. The molecule has 2 N–H and O–H groups in total. The molecule has 0 fully saturated rings. The van der Waals surface area contributed by atoms with Gasteiger partial charge < -0.3 is 10.2 Å². The highest BCUT2D eigenvalue weighted by Crippen LogP contribution is 2.10. The standard InChI is InChI=1S/C5H12O2.ClH/c1-5(2,3-6)4-7;/h6-7H,3-4H2,1-2H3;1H. The molecule has 0 aromatic heterocycles. The molecule has 0 aliphatic rings. The Labute approximate surface area is 55.9 Å². The van der Waals surface area contributed by atoms with E-state index >= 15 is 0 Å². The lowest BCUT2D eigenvalue weighted by molar-refractivity contribution is 0.0857. The quantitative estimate of drug-likeness (QED) is 0.584. The fourth-order valence-corrected chi connectivity index (χ4v) is 0.0500. The molecule has 52 valence electrons. The molecular weight excluding hydrogens is 128 g/mol. The second kappa shape index (κ2) is 4.13. The lowest BCUT2D eigenvalue weighted by atomic mass is 9.97. The van der Waals surface area contributed by atoms with Crippen molar-refractivity contribution in [2.24, 2.45) is 5.41 Å². The SMILES string of the molecule is CC(C)(CO)CO.Cl. The van der Waals surface area contributed by atoms with Gasteiger partial charge in [-0.25, -0.2) is 0 Å². The number of aliphatic hydroxyl groups is 2. The van der Waals surface area contributed by atoms with Crippen LogP contribution in [0.1, 0.15) is 13.8 Å². The first-order valence-corrected chi connectivity index (χ1v) is 2.34. The molecule has 0 bridgehead atoms. The van der Waals surface area contributed by atoms with Crippen molar-refractivity contribution in [1.29, 1.82) is 0 Å². The smallest absolute Gasteiger partial charge is 0.0504 e. The number of rotatable bonds is 2. The van der Waals surface area contributed by atoms with Gasteiger partial charge in [0.05, 0.1) is 13.2 Å². The predicted molar refractivity (Wildman–Crippen MR) is 35.2 cm³/mol. The minimum Gasteiger partial charge on any atom is -0.396 e.